The second kappa shape index (κ2) is 11.8. The van der Waals surface area contributed by atoms with Crippen LogP contribution in [0.3, 0.4) is 0 Å². The third kappa shape index (κ3) is 5.02. The molecular formula is C37H61NS. The van der Waals surface area contributed by atoms with E-state index < -0.39 is 0 Å². The van der Waals surface area contributed by atoms with Crippen LogP contribution in [-0.2, 0) is 0 Å². The Labute approximate surface area is 246 Å². The van der Waals surface area contributed by atoms with Gasteiger partial charge in [-0.3, -0.25) is 4.90 Å². The molecule has 8 fully saturated rings. The SMILES string of the molecule is C1CCC(N(C2CCCCC2)C2CCC(C3CCCC4C3CC3C4CCC4SC5CCCCC5C43)CC2)CC1. The van der Waals surface area contributed by atoms with Crippen molar-refractivity contribution in [2.24, 2.45) is 47.3 Å². The molecule has 0 aromatic rings. The van der Waals surface area contributed by atoms with Gasteiger partial charge >= 0.3 is 0 Å². The minimum absolute atomic E-state index is 0.942. The molecule has 220 valence electrons. The standard InChI is InChI=1S/C37H61NS/c1-3-10-26(11-4-1)38(27-12-5-2-6-13-27)28-20-18-25(19-21-28)29-15-9-16-30-31-22-23-36-37(34(31)24-33(29)30)32-14-7-8-17-35(32)39-36/h25-37H,1-24H2. The largest absolute Gasteiger partial charge is 0.294 e. The molecular weight excluding hydrogens is 490 g/mol. The molecule has 1 heterocycles. The summed E-state index contributed by atoms with van der Waals surface area (Å²) in [7, 11) is 0. The van der Waals surface area contributed by atoms with E-state index >= 15 is 0 Å². The number of nitrogens with zero attached hydrogens (tertiary/aromatic N) is 1. The summed E-state index contributed by atoms with van der Waals surface area (Å²) >= 11 is 2.51. The Balaban J connectivity index is 0.947. The second-order valence-electron chi connectivity index (χ2n) is 16.4. The molecule has 8 aliphatic rings. The highest BCUT2D eigenvalue weighted by Gasteiger charge is 2.58. The zero-order valence-electron chi connectivity index (χ0n) is 25.3. The lowest BCUT2D eigenvalue weighted by Crippen LogP contribution is -2.52. The van der Waals surface area contributed by atoms with Crippen LogP contribution in [0.5, 0.6) is 0 Å². The van der Waals surface area contributed by atoms with Crippen molar-refractivity contribution in [3.63, 3.8) is 0 Å². The molecule has 9 unspecified atom stereocenters. The Morgan fingerprint density at radius 2 is 0.949 bits per heavy atom. The zero-order valence-corrected chi connectivity index (χ0v) is 26.1. The average molecular weight is 552 g/mol. The minimum atomic E-state index is 0.942. The van der Waals surface area contributed by atoms with Gasteiger partial charge in [-0.05, 0) is 144 Å². The molecule has 9 atom stereocenters. The van der Waals surface area contributed by atoms with Gasteiger partial charge in [0, 0.05) is 28.6 Å². The molecule has 0 bridgehead atoms. The predicted octanol–water partition coefficient (Wildman–Crippen LogP) is 10.3. The van der Waals surface area contributed by atoms with Crippen LogP contribution in [0, 0.1) is 47.3 Å². The number of rotatable bonds is 4. The van der Waals surface area contributed by atoms with E-state index in [-0.39, 0.29) is 0 Å². The molecule has 1 saturated heterocycles. The number of hydrogen-bond acceptors (Lipinski definition) is 2. The first-order chi connectivity index (χ1) is 19.3. The van der Waals surface area contributed by atoms with Crippen molar-refractivity contribution < 1.29 is 0 Å². The normalized spacial score (nSPS) is 49.3. The Bertz CT molecular complexity index is 788. The molecule has 1 nitrogen and oxygen atoms in total. The van der Waals surface area contributed by atoms with E-state index in [9.17, 15) is 0 Å². The Kier molecular flexibility index (Phi) is 8.12. The quantitative estimate of drug-likeness (QED) is 0.342. The molecule has 2 heteroatoms. The summed E-state index contributed by atoms with van der Waals surface area (Å²) in [5, 5.41) is 2.14. The van der Waals surface area contributed by atoms with Crippen molar-refractivity contribution >= 4 is 11.8 Å². The van der Waals surface area contributed by atoms with Crippen molar-refractivity contribution in [1.82, 2.24) is 4.90 Å². The van der Waals surface area contributed by atoms with Gasteiger partial charge in [0.2, 0.25) is 0 Å². The lowest BCUT2D eigenvalue weighted by Gasteiger charge is -2.50. The molecule has 0 aromatic carbocycles. The Morgan fingerprint density at radius 1 is 0.359 bits per heavy atom. The van der Waals surface area contributed by atoms with Crippen LogP contribution in [-0.4, -0.2) is 33.5 Å². The van der Waals surface area contributed by atoms with Gasteiger partial charge in [-0.25, -0.2) is 0 Å². The first kappa shape index (κ1) is 26.9. The van der Waals surface area contributed by atoms with Gasteiger partial charge in [0.25, 0.3) is 0 Å². The van der Waals surface area contributed by atoms with E-state index in [2.05, 4.69) is 16.7 Å². The van der Waals surface area contributed by atoms with Crippen LogP contribution in [0.1, 0.15) is 154 Å². The average Bonchev–Trinajstić information content (AvgIpc) is 3.57. The lowest BCUT2D eigenvalue weighted by atomic mass is 9.62. The molecule has 0 spiro atoms. The Hall–Kier alpha value is 0.310. The fraction of sp³-hybridized carbons (Fsp3) is 1.00. The summed E-state index contributed by atoms with van der Waals surface area (Å²) in [6.07, 6.45) is 37.4. The van der Waals surface area contributed by atoms with E-state index in [0.29, 0.717) is 0 Å². The van der Waals surface area contributed by atoms with Gasteiger partial charge in [0.1, 0.15) is 0 Å². The molecule has 8 rings (SSSR count). The maximum atomic E-state index is 3.22. The second-order valence-corrected chi connectivity index (χ2v) is 17.9. The fourth-order valence-corrected chi connectivity index (χ4v) is 15.6. The highest BCUT2D eigenvalue weighted by atomic mass is 32.2. The number of thioether (sulfide) groups is 1. The van der Waals surface area contributed by atoms with Gasteiger partial charge < -0.3 is 0 Å². The van der Waals surface area contributed by atoms with Gasteiger partial charge in [-0.2, -0.15) is 11.8 Å². The summed E-state index contributed by atoms with van der Waals surface area (Å²) in [6, 6.07) is 2.83. The van der Waals surface area contributed by atoms with Crippen LogP contribution < -0.4 is 0 Å². The van der Waals surface area contributed by atoms with Crippen LogP contribution in [0.25, 0.3) is 0 Å². The van der Waals surface area contributed by atoms with Crippen molar-refractivity contribution in [2.45, 2.75) is 183 Å². The van der Waals surface area contributed by atoms with E-state index in [4.69, 9.17) is 0 Å². The maximum Gasteiger partial charge on any atom is 0.0101 e. The van der Waals surface area contributed by atoms with E-state index in [1.807, 2.05) is 0 Å². The highest BCUT2D eigenvalue weighted by Crippen LogP contribution is 2.66. The van der Waals surface area contributed by atoms with Gasteiger partial charge in [0.15, 0.2) is 0 Å². The maximum absolute atomic E-state index is 3.22. The number of fused-ring (bicyclic) bond motifs is 7. The summed E-state index contributed by atoms with van der Waals surface area (Å²) in [5.74, 6) is 9.03. The van der Waals surface area contributed by atoms with Crippen molar-refractivity contribution in [3.8, 4) is 0 Å². The predicted molar refractivity (Wildman–Crippen MR) is 167 cm³/mol. The fourth-order valence-electron chi connectivity index (χ4n) is 13.5. The topological polar surface area (TPSA) is 3.24 Å². The van der Waals surface area contributed by atoms with Gasteiger partial charge in [0.05, 0.1) is 0 Å². The van der Waals surface area contributed by atoms with Crippen LogP contribution in [0.2, 0.25) is 0 Å². The summed E-state index contributed by atoms with van der Waals surface area (Å²) < 4.78 is 0. The van der Waals surface area contributed by atoms with E-state index in [1.54, 1.807) is 83.5 Å². The molecule has 7 aliphatic carbocycles. The molecule has 1 aliphatic heterocycles. The molecule has 0 radical (unpaired) electrons. The van der Waals surface area contributed by atoms with Crippen molar-refractivity contribution in [2.75, 3.05) is 0 Å². The minimum Gasteiger partial charge on any atom is -0.294 e. The van der Waals surface area contributed by atoms with Crippen LogP contribution in [0.4, 0.5) is 0 Å². The van der Waals surface area contributed by atoms with Crippen LogP contribution >= 0.6 is 11.8 Å². The molecule has 7 saturated carbocycles. The smallest absolute Gasteiger partial charge is 0.0101 e. The lowest BCUT2D eigenvalue weighted by molar-refractivity contribution is 0.000363. The summed E-state index contributed by atoms with van der Waals surface area (Å²) in [5.41, 5.74) is 0. The van der Waals surface area contributed by atoms with E-state index in [0.717, 1.165) is 76.0 Å². The van der Waals surface area contributed by atoms with Gasteiger partial charge in [-0.15, -0.1) is 0 Å². The van der Waals surface area contributed by atoms with Crippen molar-refractivity contribution in [1.29, 1.82) is 0 Å². The zero-order chi connectivity index (χ0) is 25.8. The first-order valence-electron chi connectivity index (χ1n) is 18.8. The monoisotopic (exact) mass is 551 g/mol. The molecule has 0 N–H and O–H groups in total. The summed E-state index contributed by atoms with van der Waals surface area (Å²) in [4.78, 5) is 3.22. The van der Waals surface area contributed by atoms with Crippen molar-refractivity contribution in [3.05, 3.63) is 0 Å². The highest BCUT2D eigenvalue weighted by molar-refractivity contribution is 8.00. The molecule has 39 heavy (non-hydrogen) atoms. The first-order valence-corrected chi connectivity index (χ1v) is 19.7. The third-order valence-corrected chi connectivity index (χ3v) is 16.7. The third-order valence-electron chi connectivity index (χ3n) is 14.9. The summed E-state index contributed by atoms with van der Waals surface area (Å²) in [6.45, 7) is 0. The van der Waals surface area contributed by atoms with E-state index in [1.165, 1.54) is 70.6 Å². The van der Waals surface area contributed by atoms with Gasteiger partial charge in [-0.1, -0.05) is 57.8 Å². The molecule has 0 amide bonds. The molecule has 0 aromatic heterocycles. The Morgan fingerprint density at radius 3 is 1.69 bits per heavy atom. The van der Waals surface area contributed by atoms with Crippen LogP contribution in [0.15, 0.2) is 0 Å². The number of hydrogen-bond donors (Lipinski definition) is 0.